The number of carbonyl (C=O) groups excluding carboxylic acids is 2. The molecule has 0 aromatic heterocycles. The number of hydrogen-bond acceptors (Lipinski definition) is 4. The first-order chi connectivity index (χ1) is 17.2. The minimum absolute atomic E-state index is 0.0690. The van der Waals surface area contributed by atoms with Crippen LogP contribution < -0.4 is 5.32 Å². The summed E-state index contributed by atoms with van der Waals surface area (Å²) in [6, 6.07) is 13.1. The first-order valence-electron chi connectivity index (χ1n) is 12.4. The number of benzene rings is 2. The van der Waals surface area contributed by atoms with Crippen molar-refractivity contribution < 1.29 is 23.9 Å². The van der Waals surface area contributed by atoms with Crippen LogP contribution in [0.25, 0.3) is 0 Å². The van der Waals surface area contributed by atoms with Gasteiger partial charge in [-0.3, -0.25) is 19.4 Å². The van der Waals surface area contributed by atoms with Crippen molar-refractivity contribution in [3.63, 3.8) is 0 Å². The maximum atomic E-state index is 13.9. The van der Waals surface area contributed by atoms with Gasteiger partial charge in [0.25, 0.3) is 11.8 Å². The number of amides is 2. The van der Waals surface area contributed by atoms with E-state index < -0.39 is 17.4 Å². The number of carboxylic acid groups (broad SMARTS) is 1. The Hall–Kier alpha value is -3.55. The second kappa shape index (κ2) is 10.6. The standard InChI is InChI=1S/C28H32FN3O4/c1-18-14-19(2)17-28(16-18)31-25(22-4-3-5-23(29)15-22)27(36)32(28)13-11-20-6-8-21(9-7-20)26(35)30-12-10-24(33)34/h3-9,15,18-19H,10-14,16-17H2,1-2H3,(H,30,35)(H,33,34). The van der Waals surface area contributed by atoms with Crippen molar-refractivity contribution >= 4 is 23.5 Å². The molecule has 1 fully saturated rings. The number of hydrogen-bond donors (Lipinski definition) is 2. The van der Waals surface area contributed by atoms with E-state index in [1.54, 1.807) is 24.3 Å². The lowest BCUT2D eigenvalue weighted by molar-refractivity contribution is -0.136. The Morgan fingerprint density at radius 2 is 1.83 bits per heavy atom. The van der Waals surface area contributed by atoms with Crippen LogP contribution in [0, 0.1) is 17.7 Å². The molecule has 4 rings (SSSR count). The summed E-state index contributed by atoms with van der Waals surface area (Å²) in [4.78, 5) is 43.3. The normalized spacial score (nSPS) is 23.6. The van der Waals surface area contributed by atoms with E-state index in [0.717, 1.165) is 24.8 Å². The van der Waals surface area contributed by atoms with Crippen molar-refractivity contribution in [2.75, 3.05) is 13.1 Å². The molecule has 36 heavy (non-hydrogen) atoms. The largest absolute Gasteiger partial charge is 0.481 e. The molecule has 2 amide bonds. The number of aliphatic carboxylic acids is 1. The minimum atomic E-state index is -0.967. The van der Waals surface area contributed by atoms with Crippen LogP contribution >= 0.6 is 0 Å². The molecular weight excluding hydrogens is 461 g/mol. The molecule has 2 aliphatic rings. The van der Waals surface area contributed by atoms with Crippen LogP contribution in [0.4, 0.5) is 4.39 Å². The second-order valence-electron chi connectivity index (χ2n) is 10.1. The average molecular weight is 494 g/mol. The summed E-state index contributed by atoms with van der Waals surface area (Å²) in [5.74, 6) is -1.03. The molecule has 1 aliphatic carbocycles. The van der Waals surface area contributed by atoms with E-state index in [2.05, 4.69) is 19.2 Å². The highest BCUT2D eigenvalue weighted by molar-refractivity contribution is 6.46. The summed E-state index contributed by atoms with van der Waals surface area (Å²) < 4.78 is 13.9. The Balaban J connectivity index is 1.50. The molecule has 2 aromatic carbocycles. The Labute approximate surface area is 210 Å². The van der Waals surface area contributed by atoms with Gasteiger partial charge in [0, 0.05) is 24.2 Å². The third-order valence-electron chi connectivity index (χ3n) is 6.99. The molecule has 0 bridgehead atoms. The predicted molar refractivity (Wildman–Crippen MR) is 134 cm³/mol. The summed E-state index contributed by atoms with van der Waals surface area (Å²) in [5, 5.41) is 11.3. The van der Waals surface area contributed by atoms with Crippen LogP contribution in [0.15, 0.2) is 53.5 Å². The zero-order valence-corrected chi connectivity index (χ0v) is 20.7. The second-order valence-corrected chi connectivity index (χ2v) is 10.1. The van der Waals surface area contributed by atoms with Gasteiger partial charge < -0.3 is 15.3 Å². The van der Waals surface area contributed by atoms with Gasteiger partial charge in [-0.25, -0.2) is 4.39 Å². The summed E-state index contributed by atoms with van der Waals surface area (Å²) in [6.07, 6.45) is 3.09. The highest BCUT2D eigenvalue weighted by atomic mass is 19.1. The van der Waals surface area contributed by atoms with Crippen molar-refractivity contribution in [2.45, 2.75) is 51.6 Å². The Bertz CT molecular complexity index is 1170. The summed E-state index contributed by atoms with van der Waals surface area (Å²) in [7, 11) is 0. The van der Waals surface area contributed by atoms with Crippen LogP contribution in [0.3, 0.4) is 0 Å². The SMILES string of the molecule is CC1CC(C)CC2(C1)N=C(c1cccc(F)c1)C(=O)N2CCc1ccc(C(=O)NCCC(=O)O)cc1. The fraction of sp³-hybridized carbons (Fsp3) is 0.429. The van der Waals surface area contributed by atoms with E-state index >= 15 is 0 Å². The van der Waals surface area contributed by atoms with Crippen LogP contribution in [-0.4, -0.2) is 52.3 Å². The lowest BCUT2D eigenvalue weighted by Crippen LogP contribution is -2.51. The maximum Gasteiger partial charge on any atom is 0.305 e. The number of rotatable bonds is 8. The van der Waals surface area contributed by atoms with Gasteiger partial charge in [0.2, 0.25) is 0 Å². The molecule has 1 aliphatic heterocycles. The fourth-order valence-corrected chi connectivity index (χ4v) is 5.58. The van der Waals surface area contributed by atoms with Gasteiger partial charge in [0.15, 0.2) is 0 Å². The summed E-state index contributed by atoms with van der Waals surface area (Å²) >= 11 is 0. The molecule has 1 spiro atoms. The molecule has 1 saturated carbocycles. The first-order valence-corrected chi connectivity index (χ1v) is 12.4. The zero-order valence-electron chi connectivity index (χ0n) is 20.7. The molecule has 0 radical (unpaired) electrons. The van der Waals surface area contributed by atoms with Gasteiger partial charge in [-0.2, -0.15) is 0 Å². The van der Waals surface area contributed by atoms with E-state index in [4.69, 9.17) is 10.1 Å². The molecule has 1 heterocycles. The first kappa shape index (κ1) is 25.5. The lowest BCUT2D eigenvalue weighted by atomic mass is 9.76. The number of aliphatic imine (C=N–C) groups is 1. The molecule has 0 saturated heterocycles. The van der Waals surface area contributed by atoms with Gasteiger partial charge >= 0.3 is 5.97 Å². The Morgan fingerprint density at radius 1 is 1.14 bits per heavy atom. The molecule has 2 aromatic rings. The number of halogens is 1. The molecule has 2 N–H and O–H groups in total. The smallest absolute Gasteiger partial charge is 0.305 e. The molecule has 2 unspecified atom stereocenters. The molecule has 190 valence electrons. The lowest BCUT2D eigenvalue weighted by Gasteiger charge is -2.44. The number of carbonyl (C=O) groups is 3. The van der Waals surface area contributed by atoms with Crippen molar-refractivity contribution in [2.24, 2.45) is 16.8 Å². The minimum Gasteiger partial charge on any atom is -0.481 e. The summed E-state index contributed by atoms with van der Waals surface area (Å²) in [5.41, 5.74) is 1.62. The average Bonchev–Trinajstić information content (AvgIpc) is 3.07. The van der Waals surface area contributed by atoms with Gasteiger partial charge in [-0.15, -0.1) is 0 Å². The molecule has 7 nitrogen and oxygen atoms in total. The van der Waals surface area contributed by atoms with Gasteiger partial charge in [0.1, 0.15) is 17.2 Å². The van der Waals surface area contributed by atoms with Crippen LogP contribution in [0.2, 0.25) is 0 Å². The quantitative estimate of drug-likeness (QED) is 0.579. The van der Waals surface area contributed by atoms with E-state index in [-0.39, 0.29) is 24.8 Å². The third-order valence-corrected chi connectivity index (χ3v) is 6.99. The number of nitrogens with zero attached hydrogens (tertiary/aromatic N) is 2. The maximum absolute atomic E-state index is 13.9. The zero-order chi connectivity index (χ0) is 25.9. The third kappa shape index (κ3) is 5.64. The van der Waals surface area contributed by atoms with E-state index in [1.807, 2.05) is 17.0 Å². The van der Waals surface area contributed by atoms with Crippen molar-refractivity contribution in [1.29, 1.82) is 0 Å². The van der Waals surface area contributed by atoms with Crippen molar-refractivity contribution in [3.05, 3.63) is 71.0 Å². The Morgan fingerprint density at radius 3 is 2.47 bits per heavy atom. The van der Waals surface area contributed by atoms with E-state index in [1.165, 1.54) is 12.1 Å². The van der Waals surface area contributed by atoms with Gasteiger partial charge in [-0.05, 0) is 67.3 Å². The topological polar surface area (TPSA) is 99.1 Å². The predicted octanol–water partition coefficient (Wildman–Crippen LogP) is 4.06. The van der Waals surface area contributed by atoms with E-state index in [9.17, 15) is 18.8 Å². The van der Waals surface area contributed by atoms with Gasteiger partial charge in [0.05, 0.1) is 6.42 Å². The molecule has 8 heteroatoms. The number of nitrogens with one attached hydrogen (secondary N) is 1. The fourth-order valence-electron chi connectivity index (χ4n) is 5.58. The van der Waals surface area contributed by atoms with Crippen molar-refractivity contribution in [3.8, 4) is 0 Å². The van der Waals surface area contributed by atoms with E-state index in [0.29, 0.717) is 41.6 Å². The molecular formula is C28H32FN3O4. The highest BCUT2D eigenvalue weighted by Crippen LogP contribution is 2.44. The van der Waals surface area contributed by atoms with Crippen LogP contribution in [0.1, 0.15) is 61.0 Å². The van der Waals surface area contributed by atoms with Crippen LogP contribution in [0.5, 0.6) is 0 Å². The molecule has 2 atom stereocenters. The van der Waals surface area contributed by atoms with Crippen molar-refractivity contribution in [1.82, 2.24) is 10.2 Å². The summed E-state index contributed by atoms with van der Waals surface area (Å²) in [6.45, 7) is 4.91. The highest BCUT2D eigenvalue weighted by Gasteiger charge is 2.50. The Kier molecular flexibility index (Phi) is 7.52. The van der Waals surface area contributed by atoms with Gasteiger partial charge in [-0.1, -0.05) is 38.1 Å². The number of carboxylic acids is 1. The van der Waals surface area contributed by atoms with Crippen LogP contribution in [-0.2, 0) is 16.0 Å². The monoisotopic (exact) mass is 493 g/mol.